The first kappa shape index (κ1) is 19.2. The smallest absolute Gasteiger partial charge is 0.341 e. The number of nitrogens with zero attached hydrogens (tertiary/aromatic N) is 3. The van der Waals surface area contributed by atoms with Crippen LogP contribution in [-0.4, -0.2) is 60.2 Å². The number of hydrogen-bond acceptors (Lipinski definition) is 5. The second kappa shape index (κ2) is 7.18. The number of anilines is 1. The van der Waals surface area contributed by atoms with Crippen LogP contribution in [-0.2, 0) is 5.54 Å². The predicted octanol–water partition coefficient (Wildman–Crippen LogP) is 1.30. The molecule has 0 saturated carbocycles. The van der Waals surface area contributed by atoms with Crippen LogP contribution in [0.25, 0.3) is 11.0 Å². The summed E-state index contributed by atoms with van der Waals surface area (Å²) in [5.41, 5.74) is -3.58. The Balaban J connectivity index is 2.35. The standard InChI is InChI=1S/C17H19F3N4O3/c1-17(8-18,9-19)24-7-11(16(26)27)13(25)10-6-12(20)15(22-14(10)24)23-4-2-21-3-5-23/h6-7,21H,2-5,8-9H2,1H3,(H,26,27). The Morgan fingerprint density at radius 2 is 1.96 bits per heavy atom. The van der Waals surface area contributed by atoms with E-state index in [1.807, 2.05) is 0 Å². The lowest BCUT2D eigenvalue weighted by atomic mass is 10.0. The highest BCUT2D eigenvalue weighted by molar-refractivity contribution is 5.92. The third-order valence-corrected chi connectivity index (χ3v) is 4.72. The van der Waals surface area contributed by atoms with Gasteiger partial charge in [-0.15, -0.1) is 0 Å². The zero-order valence-electron chi connectivity index (χ0n) is 14.6. The summed E-state index contributed by atoms with van der Waals surface area (Å²) < 4.78 is 42.9. The molecule has 3 rings (SSSR count). The minimum Gasteiger partial charge on any atom is -0.477 e. The number of pyridine rings is 2. The van der Waals surface area contributed by atoms with E-state index in [0.717, 1.165) is 16.8 Å². The fourth-order valence-corrected chi connectivity index (χ4v) is 3.04. The molecule has 7 nitrogen and oxygen atoms in total. The van der Waals surface area contributed by atoms with Crippen LogP contribution < -0.4 is 15.6 Å². The normalized spacial score (nSPS) is 15.3. The highest BCUT2D eigenvalue weighted by Gasteiger charge is 2.31. The van der Waals surface area contributed by atoms with Gasteiger partial charge < -0.3 is 19.9 Å². The summed E-state index contributed by atoms with van der Waals surface area (Å²) in [5.74, 6) is -2.40. The number of nitrogens with one attached hydrogen (secondary N) is 1. The lowest BCUT2D eigenvalue weighted by Gasteiger charge is -2.31. The van der Waals surface area contributed by atoms with E-state index >= 15 is 0 Å². The van der Waals surface area contributed by atoms with E-state index in [-0.39, 0.29) is 16.9 Å². The van der Waals surface area contributed by atoms with Crippen molar-refractivity contribution in [3.05, 3.63) is 33.9 Å². The van der Waals surface area contributed by atoms with Crippen LogP contribution >= 0.6 is 0 Å². The van der Waals surface area contributed by atoms with Gasteiger partial charge >= 0.3 is 5.97 Å². The number of fused-ring (bicyclic) bond motifs is 1. The first-order chi connectivity index (χ1) is 12.8. The molecule has 27 heavy (non-hydrogen) atoms. The van der Waals surface area contributed by atoms with E-state index < -0.39 is 41.7 Å². The molecule has 2 aromatic rings. The molecule has 0 bridgehead atoms. The summed E-state index contributed by atoms with van der Waals surface area (Å²) in [4.78, 5) is 29.7. The molecule has 0 amide bonds. The number of aromatic nitrogens is 2. The number of carboxylic acid groups (broad SMARTS) is 1. The Labute approximate surface area is 152 Å². The number of carboxylic acids is 1. The van der Waals surface area contributed by atoms with Gasteiger partial charge in [-0.25, -0.2) is 22.9 Å². The van der Waals surface area contributed by atoms with Crippen molar-refractivity contribution < 1.29 is 23.1 Å². The van der Waals surface area contributed by atoms with E-state index in [1.54, 1.807) is 4.90 Å². The molecule has 0 aromatic carbocycles. The maximum absolute atomic E-state index is 14.6. The third-order valence-electron chi connectivity index (χ3n) is 4.72. The monoisotopic (exact) mass is 384 g/mol. The van der Waals surface area contributed by atoms with Gasteiger partial charge in [-0.1, -0.05) is 0 Å². The largest absolute Gasteiger partial charge is 0.477 e. The minimum atomic E-state index is -1.78. The number of carbonyl (C=O) groups is 1. The summed E-state index contributed by atoms with van der Waals surface area (Å²) in [6.45, 7) is 1.06. The molecular weight excluding hydrogens is 365 g/mol. The van der Waals surface area contributed by atoms with E-state index in [9.17, 15) is 27.9 Å². The van der Waals surface area contributed by atoms with Gasteiger partial charge in [0, 0.05) is 32.4 Å². The molecule has 3 heterocycles. The van der Waals surface area contributed by atoms with Gasteiger partial charge in [-0.3, -0.25) is 4.79 Å². The fraction of sp³-hybridized carbons (Fsp3) is 0.471. The minimum absolute atomic E-state index is 0.0414. The van der Waals surface area contributed by atoms with Gasteiger partial charge in [0.2, 0.25) is 5.43 Å². The lowest BCUT2D eigenvalue weighted by Crippen LogP contribution is -2.44. The van der Waals surface area contributed by atoms with Crippen molar-refractivity contribution in [1.82, 2.24) is 14.9 Å². The van der Waals surface area contributed by atoms with Crippen molar-refractivity contribution in [3.63, 3.8) is 0 Å². The average molecular weight is 384 g/mol. The molecule has 146 valence electrons. The van der Waals surface area contributed by atoms with Crippen LogP contribution in [0.15, 0.2) is 17.1 Å². The summed E-state index contributed by atoms with van der Waals surface area (Å²) >= 11 is 0. The number of alkyl halides is 2. The van der Waals surface area contributed by atoms with E-state index in [1.165, 1.54) is 6.92 Å². The van der Waals surface area contributed by atoms with Crippen molar-refractivity contribution >= 4 is 22.8 Å². The highest BCUT2D eigenvalue weighted by Crippen LogP contribution is 2.27. The van der Waals surface area contributed by atoms with E-state index in [4.69, 9.17) is 0 Å². The molecule has 1 saturated heterocycles. The van der Waals surface area contributed by atoms with Crippen molar-refractivity contribution in [2.45, 2.75) is 12.5 Å². The SMILES string of the molecule is CC(CF)(CF)n1cc(C(=O)O)c(=O)c2cc(F)c(N3CCNCC3)nc21. The van der Waals surface area contributed by atoms with Gasteiger partial charge in [0.05, 0.1) is 10.9 Å². The number of halogens is 3. The third kappa shape index (κ3) is 3.25. The van der Waals surface area contributed by atoms with Gasteiger partial charge in [-0.2, -0.15) is 0 Å². The van der Waals surface area contributed by atoms with Crippen LogP contribution in [0.4, 0.5) is 19.0 Å². The van der Waals surface area contributed by atoms with Gasteiger partial charge in [-0.05, 0) is 13.0 Å². The van der Waals surface area contributed by atoms with E-state index in [0.29, 0.717) is 26.2 Å². The molecule has 10 heteroatoms. The Morgan fingerprint density at radius 1 is 1.33 bits per heavy atom. The van der Waals surface area contributed by atoms with Crippen LogP contribution in [0.5, 0.6) is 0 Å². The molecule has 0 unspecified atom stereocenters. The molecule has 2 N–H and O–H groups in total. The second-order valence-corrected chi connectivity index (χ2v) is 6.71. The zero-order chi connectivity index (χ0) is 19.8. The fourth-order valence-electron chi connectivity index (χ4n) is 3.04. The topological polar surface area (TPSA) is 87.5 Å². The molecule has 1 aliphatic heterocycles. The highest BCUT2D eigenvalue weighted by atomic mass is 19.1. The van der Waals surface area contributed by atoms with Gasteiger partial charge in [0.15, 0.2) is 11.6 Å². The molecular formula is C17H19F3N4O3. The van der Waals surface area contributed by atoms with Crippen LogP contribution in [0.3, 0.4) is 0 Å². The van der Waals surface area contributed by atoms with Crippen molar-refractivity contribution in [1.29, 1.82) is 0 Å². The first-order valence-corrected chi connectivity index (χ1v) is 8.39. The molecule has 0 spiro atoms. The van der Waals surface area contributed by atoms with Crippen LogP contribution in [0.1, 0.15) is 17.3 Å². The average Bonchev–Trinajstić information content (AvgIpc) is 2.68. The van der Waals surface area contributed by atoms with E-state index in [2.05, 4.69) is 10.3 Å². The van der Waals surface area contributed by atoms with Gasteiger partial charge in [0.1, 0.15) is 24.6 Å². The summed E-state index contributed by atoms with van der Waals surface area (Å²) in [6, 6.07) is 0.891. The quantitative estimate of drug-likeness (QED) is 0.808. The Morgan fingerprint density at radius 3 is 2.52 bits per heavy atom. The van der Waals surface area contributed by atoms with Crippen molar-refractivity contribution in [2.75, 3.05) is 44.4 Å². The molecule has 1 fully saturated rings. The predicted molar refractivity (Wildman–Crippen MR) is 93.6 cm³/mol. The Hall–Kier alpha value is -2.62. The second-order valence-electron chi connectivity index (χ2n) is 6.71. The summed E-state index contributed by atoms with van der Waals surface area (Å²) in [7, 11) is 0. The number of rotatable bonds is 5. The number of aromatic carboxylic acids is 1. The number of hydrogen-bond donors (Lipinski definition) is 2. The van der Waals surface area contributed by atoms with Crippen LogP contribution in [0.2, 0.25) is 0 Å². The molecule has 0 radical (unpaired) electrons. The molecule has 2 aromatic heterocycles. The lowest BCUT2D eigenvalue weighted by molar-refractivity contribution is 0.0693. The summed E-state index contributed by atoms with van der Waals surface area (Å²) in [5, 5.41) is 12.0. The number of piperazine rings is 1. The maximum atomic E-state index is 14.6. The summed E-state index contributed by atoms with van der Waals surface area (Å²) in [6.07, 6.45) is 0.874. The molecule has 0 aliphatic carbocycles. The maximum Gasteiger partial charge on any atom is 0.341 e. The zero-order valence-corrected chi connectivity index (χ0v) is 14.6. The Bertz CT molecular complexity index is 937. The van der Waals surface area contributed by atoms with Gasteiger partial charge in [0.25, 0.3) is 0 Å². The van der Waals surface area contributed by atoms with Crippen LogP contribution in [0, 0.1) is 5.82 Å². The first-order valence-electron chi connectivity index (χ1n) is 8.39. The van der Waals surface area contributed by atoms with Crippen molar-refractivity contribution in [2.24, 2.45) is 0 Å². The molecule has 1 aliphatic rings. The molecule has 0 atom stereocenters. The van der Waals surface area contributed by atoms with Crippen molar-refractivity contribution in [3.8, 4) is 0 Å². The Kier molecular flexibility index (Phi) is 5.09.